The van der Waals surface area contributed by atoms with Crippen LogP contribution in [-0.2, 0) is 16.1 Å². The summed E-state index contributed by atoms with van der Waals surface area (Å²) >= 11 is 0. The molecule has 1 aliphatic rings. The number of hydrogen-bond acceptors (Lipinski definition) is 4. The van der Waals surface area contributed by atoms with E-state index in [1.165, 1.54) is 5.56 Å². The average molecular weight is 396 g/mol. The highest BCUT2D eigenvalue weighted by molar-refractivity contribution is 5.96. The van der Waals surface area contributed by atoms with Crippen LogP contribution in [-0.4, -0.2) is 24.1 Å². The van der Waals surface area contributed by atoms with Crippen LogP contribution in [0.1, 0.15) is 43.7 Å². The maximum Gasteiger partial charge on any atom is 0.408 e. The number of rotatable bonds is 8. The van der Waals surface area contributed by atoms with Crippen molar-refractivity contribution in [2.75, 3.05) is 5.32 Å². The van der Waals surface area contributed by atoms with Crippen molar-refractivity contribution in [2.45, 2.75) is 51.3 Å². The molecule has 3 rings (SSSR count). The molecule has 29 heavy (non-hydrogen) atoms. The van der Waals surface area contributed by atoms with E-state index in [0.717, 1.165) is 12.0 Å². The molecule has 1 fully saturated rings. The SMILES string of the molecule is CC(C)CC(NC(=O)OCc1ccccc1)C(=O)Nc1ccc(C2CC2N)cc1. The molecule has 1 aliphatic carbocycles. The third-order valence-corrected chi connectivity index (χ3v) is 4.97. The summed E-state index contributed by atoms with van der Waals surface area (Å²) in [5, 5.41) is 5.58. The summed E-state index contributed by atoms with van der Waals surface area (Å²) in [6.45, 7) is 4.17. The Balaban J connectivity index is 1.55. The number of ether oxygens (including phenoxy) is 1. The van der Waals surface area contributed by atoms with Crippen LogP contribution in [0, 0.1) is 5.92 Å². The zero-order valence-electron chi connectivity index (χ0n) is 16.9. The van der Waals surface area contributed by atoms with E-state index in [-0.39, 0.29) is 24.5 Å². The van der Waals surface area contributed by atoms with Gasteiger partial charge in [0, 0.05) is 17.6 Å². The van der Waals surface area contributed by atoms with Crippen LogP contribution in [0.25, 0.3) is 0 Å². The Morgan fingerprint density at radius 3 is 2.34 bits per heavy atom. The first kappa shape index (κ1) is 20.9. The summed E-state index contributed by atoms with van der Waals surface area (Å²) in [5.41, 5.74) is 8.67. The lowest BCUT2D eigenvalue weighted by Crippen LogP contribution is -2.44. The van der Waals surface area contributed by atoms with Gasteiger partial charge in [-0.15, -0.1) is 0 Å². The Hall–Kier alpha value is -2.86. The summed E-state index contributed by atoms with van der Waals surface area (Å²) in [7, 11) is 0. The molecule has 2 aromatic carbocycles. The van der Waals surface area contributed by atoms with Gasteiger partial charge in [-0.3, -0.25) is 4.79 Å². The zero-order valence-corrected chi connectivity index (χ0v) is 16.9. The Kier molecular flexibility index (Phi) is 6.88. The zero-order chi connectivity index (χ0) is 20.8. The molecule has 2 aromatic rings. The largest absolute Gasteiger partial charge is 0.445 e. The van der Waals surface area contributed by atoms with E-state index in [1.807, 2.05) is 68.4 Å². The van der Waals surface area contributed by atoms with E-state index in [4.69, 9.17) is 10.5 Å². The molecule has 6 nitrogen and oxygen atoms in total. The van der Waals surface area contributed by atoms with Crippen molar-refractivity contribution in [1.82, 2.24) is 5.32 Å². The number of nitrogens with two attached hydrogens (primary N) is 1. The number of anilines is 1. The quantitative estimate of drug-likeness (QED) is 0.634. The number of benzene rings is 2. The molecule has 0 aromatic heterocycles. The van der Waals surface area contributed by atoms with E-state index < -0.39 is 12.1 Å². The summed E-state index contributed by atoms with van der Waals surface area (Å²) < 4.78 is 5.26. The van der Waals surface area contributed by atoms with Gasteiger partial charge in [0.05, 0.1) is 0 Å². The van der Waals surface area contributed by atoms with Crippen molar-refractivity contribution in [3.63, 3.8) is 0 Å². The monoisotopic (exact) mass is 395 g/mol. The molecular weight excluding hydrogens is 366 g/mol. The first-order chi connectivity index (χ1) is 13.9. The van der Waals surface area contributed by atoms with E-state index in [1.54, 1.807) is 0 Å². The van der Waals surface area contributed by atoms with Crippen molar-refractivity contribution in [3.8, 4) is 0 Å². The molecule has 0 radical (unpaired) electrons. The highest BCUT2D eigenvalue weighted by Crippen LogP contribution is 2.39. The highest BCUT2D eigenvalue weighted by atomic mass is 16.5. The molecule has 3 atom stereocenters. The normalized spacial score (nSPS) is 18.8. The fourth-order valence-corrected chi connectivity index (χ4v) is 3.25. The molecule has 6 heteroatoms. The van der Waals surface area contributed by atoms with E-state index >= 15 is 0 Å². The molecule has 0 saturated heterocycles. The van der Waals surface area contributed by atoms with Gasteiger partial charge in [-0.05, 0) is 42.0 Å². The predicted molar refractivity (Wildman–Crippen MR) is 113 cm³/mol. The third kappa shape index (κ3) is 6.32. The lowest BCUT2D eigenvalue weighted by molar-refractivity contribution is -0.118. The van der Waals surface area contributed by atoms with Crippen molar-refractivity contribution >= 4 is 17.7 Å². The minimum atomic E-state index is -0.671. The Morgan fingerprint density at radius 2 is 1.76 bits per heavy atom. The minimum Gasteiger partial charge on any atom is -0.445 e. The molecule has 0 bridgehead atoms. The number of carbonyl (C=O) groups is 2. The lowest BCUT2D eigenvalue weighted by atomic mass is 10.0. The van der Waals surface area contributed by atoms with Crippen molar-refractivity contribution in [3.05, 3.63) is 65.7 Å². The van der Waals surface area contributed by atoms with Gasteiger partial charge in [0.15, 0.2) is 0 Å². The fraction of sp³-hybridized carbons (Fsp3) is 0.391. The standard InChI is InChI=1S/C23H29N3O3/c1-15(2)12-21(26-23(28)29-14-16-6-4-3-5-7-16)22(27)25-18-10-8-17(9-11-18)19-13-20(19)24/h3-11,15,19-21H,12-14,24H2,1-2H3,(H,25,27)(H,26,28). The number of nitrogens with one attached hydrogen (secondary N) is 2. The molecule has 0 spiro atoms. The van der Waals surface area contributed by atoms with Crippen LogP contribution >= 0.6 is 0 Å². The highest BCUT2D eigenvalue weighted by Gasteiger charge is 2.34. The summed E-state index contributed by atoms with van der Waals surface area (Å²) in [6, 6.07) is 16.7. The molecule has 0 aliphatic heterocycles. The van der Waals surface area contributed by atoms with Gasteiger partial charge in [-0.2, -0.15) is 0 Å². The smallest absolute Gasteiger partial charge is 0.408 e. The maximum atomic E-state index is 12.7. The Morgan fingerprint density at radius 1 is 1.10 bits per heavy atom. The van der Waals surface area contributed by atoms with Gasteiger partial charge in [0.2, 0.25) is 5.91 Å². The summed E-state index contributed by atoms with van der Waals surface area (Å²) in [4.78, 5) is 24.9. The van der Waals surface area contributed by atoms with E-state index in [2.05, 4.69) is 10.6 Å². The topological polar surface area (TPSA) is 93.4 Å². The van der Waals surface area contributed by atoms with Crippen LogP contribution in [0.3, 0.4) is 0 Å². The molecule has 154 valence electrons. The van der Waals surface area contributed by atoms with Crippen molar-refractivity contribution in [1.29, 1.82) is 0 Å². The van der Waals surface area contributed by atoms with Crippen LogP contribution in [0.2, 0.25) is 0 Å². The minimum absolute atomic E-state index is 0.160. The average Bonchev–Trinajstić information content (AvgIpc) is 3.43. The molecule has 1 saturated carbocycles. The van der Waals surface area contributed by atoms with Crippen LogP contribution < -0.4 is 16.4 Å². The number of alkyl carbamates (subject to hydrolysis) is 1. The van der Waals surface area contributed by atoms with Gasteiger partial charge in [0.25, 0.3) is 0 Å². The van der Waals surface area contributed by atoms with Crippen LogP contribution in [0.5, 0.6) is 0 Å². The van der Waals surface area contributed by atoms with Crippen LogP contribution in [0.4, 0.5) is 10.5 Å². The van der Waals surface area contributed by atoms with Crippen molar-refractivity contribution < 1.29 is 14.3 Å². The summed E-state index contributed by atoms with van der Waals surface area (Å²) in [6.07, 6.45) is 0.922. The number of amides is 2. The maximum absolute atomic E-state index is 12.7. The van der Waals surface area contributed by atoms with Gasteiger partial charge in [-0.1, -0.05) is 56.3 Å². The van der Waals surface area contributed by atoms with Gasteiger partial charge < -0.3 is 21.1 Å². The lowest BCUT2D eigenvalue weighted by Gasteiger charge is -2.20. The molecule has 0 heterocycles. The Bertz CT molecular complexity index is 821. The van der Waals surface area contributed by atoms with Crippen molar-refractivity contribution in [2.24, 2.45) is 11.7 Å². The van der Waals surface area contributed by atoms with E-state index in [0.29, 0.717) is 18.0 Å². The molecular formula is C23H29N3O3. The first-order valence-electron chi connectivity index (χ1n) is 10.1. The fourth-order valence-electron chi connectivity index (χ4n) is 3.25. The van der Waals surface area contributed by atoms with Crippen LogP contribution in [0.15, 0.2) is 54.6 Å². The molecule has 3 unspecified atom stereocenters. The predicted octanol–water partition coefficient (Wildman–Crippen LogP) is 3.78. The van der Waals surface area contributed by atoms with Gasteiger partial charge in [0.1, 0.15) is 12.6 Å². The second-order valence-corrected chi connectivity index (χ2v) is 8.01. The number of hydrogen-bond donors (Lipinski definition) is 3. The second-order valence-electron chi connectivity index (χ2n) is 8.01. The summed E-state index contributed by atoms with van der Waals surface area (Å²) in [5.74, 6) is 0.402. The number of carbonyl (C=O) groups excluding carboxylic acids is 2. The second kappa shape index (κ2) is 9.56. The van der Waals surface area contributed by atoms with E-state index in [9.17, 15) is 9.59 Å². The molecule has 4 N–H and O–H groups in total. The van der Waals surface area contributed by atoms with Gasteiger partial charge >= 0.3 is 6.09 Å². The third-order valence-electron chi connectivity index (χ3n) is 4.97. The Labute approximate surface area is 171 Å². The van der Waals surface area contributed by atoms with Gasteiger partial charge in [-0.25, -0.2) is 4.79 Å². The first-order valence-corrected chi connectivity index (χ1v) is 10.1. The molecule has 2 amide bonds.